The molecule has 0 unspecified atom stereocenters. The van der Waals surface area contributed by atoms with Crippen molar-refractivity contribution in [3.8, 4) is 11.5 Å². The number of hydrogen-bond acceptors (Lipinski definition) is 4. The summed E-state index contributed by atoms with van der Waals surface area (Å²) in [4.78, 5) is 23.0. The van der Waals surface area contributed by atoms with E-state index in [1.54, 1.807) is 42.5 Å². The van der Waals surface area contributed by atoms with E-state index >= 15 is 0 Å². The average molecular weight is 314 g/mol. The van der Waals surface area contributed by atoms with Gasteiger partial charge < -0.3 is 14.9 Å². The highest BCUT2D eigenvalue weighted by Gasteiger charge is 2.17. The van der Waals surface area contributed by atoms with Crippen LogP contribution in [0.5, 0.6) is 11.5 Å². The number of aromatic hydroxyl groups is 1. The summed E-state index contributed by atoms with van der Waals surface area (Å²) in [6.07, 6.45) is 1.21. The lowest BCUT2D eigenvalue weighted by Gasteiger charge is -2.11. The first kappa shape index (κ1) is 16.5. The van der Waals surface area contributed by atoms with E-state index in [0.29, 0.717) is 30.8 Å². The van der Waals surface area contributed by atoms with Crippen molar-refractivity contribution in [2.45, 2.75) is 19.3 Å². The first-order chi connectivity index (χ1) is 11.1. The minimum Gasteiger partial charge on any atom is -0.507 e. The molecular formula is C18H18O5. The van der Waals surface area contributed by atoms with Crippen LogP contribution in [0.4, 0.5) is 0 Å². The molecule has 120 valence electrons. The Hall–Kier alpha value is -2.82. The van der Waals surface area contributed by atoms with E-state index in [2.05, 4.69) is 0 Å². The summed E-state index contributed by atoms with van der Waals surface area (Å²) in [5.41, 5.74) is 0.585. The van der Waals surface area contributed by atoms with Crippen LogP contribution in [0.1, 0.15) is 35.2 Å². The molecule has 0 heterocycles. The zero-order valence-electron chi connectivity index (χ0n) is 12.6. The van der Waals surface area contributed by atoms with Crippen LogP contribution in [0.3, 0.4) is 0 Å². The number of phenols is 1. The summed E-state index contributed by atoms with van der Waals surface area (Å²) in [5.74, 6) is -0.797. The number of hydrogen-bond donors (Lipinski definition) is 2. The van der Waals surface area contributed by atoms with Crippen molar-refractivity contribution in [1.82, 2.24) is 0 Å². The van der Waals surface area contributed by atoms with Gasteiger partial charge in [0.1, 0.15) is 11.5 Å². The van der Waals surface area contributed by atoms with Crippen LogP contribution in [0, 0.1) is 0 Å². The monoisotopic (exact) mass is 314 g/mol. The van der Waals surface area contributed by atoms with Gasteiger partial charge in [0, 0.05) is 6.42 Å². The Morgan fingerprint density at radius 2 is 1.57 bits per heavy atom. The maximum absolute atomic E-state index is 12.5. The topological polar surface area (TPSA) is 83.8 Å². The van der Waals surface area contributed by atoms with E-state index in [9.17, 15) is 14.7 Å². The van der Waals surface area contributed by atoms with Gasteiger partial charge in [-0.15, -0.1) is 0 Å². The lowest BCUT2D eigenvalue weighted by molar-refractivity contribution is -0.137. The molecule has 0 radical (unpaired) electrons. The van der Waals surface area contributed by atoms with Crippen molar-refractivity contribution >= 4 is 11.8 Å². The van der Waals surface area contributed by atoms with Gasteiger partial charge in [0.2, 0.25) is 0 Å². The van der Waals surface area contributed by atoms with Crippen molar-refractivity contribution in [1.29, 1.82) is 0 Å². The molecule has 0 saturated heterocycles. The quantitative estimate of drug-likeness (QED) is 0.577. The molecule has 0 fully saturated rings. The van der Waals surface area contributed by atoms with Crippen LogP contribution in [-0.4, -0.2) is 28.6 Å². The Morgan fingerprint density at radius 3 is 2.26 bits per heavy atom. The number of carbonyl (C=O) groups excluding carboxylic acids is 1. The molecule has 5 nitrogen and oxygen atoms in total. The second-order valence-corrected chi connectivity index (χ2v) is 5.04. The Balaban J connectivity index is 2.07. The smallest absolute Gasteiger partial charge is 0.303 e. The molecule has 0 aliphatic rings. The summed E-state index contributed by atoms with van der Waals surface area (Å²) in [5, 5.41) is 18.4. The molecule has 2 N–H and O–H groups in total. The molecule has 2 aromatic carbocycles. The van der Waals surface area contributed by atoms with Crippen molar-refractivity contribution in [3.63, 3.8) is 0 Å². The van der Waals surface area contributed by atoms with E-state index in [1.807, 2.05) is 0 Å². The molecule has 0 spiro atoms. The first-order valence-corrected chi connectivity index (χ1v) is 7.36. The Kier molecular flexibility index (Phi) is 5.74. The highest BCUT2D eigenvalue weighted by Crippen LogP contribution is 2.25. The van der Waals surface area contributed by atoms with Crippen LogP contribution < -0.4 is 4.74 Å². The average Bonchev–Trinajstić information content (AvgIpc) is 2.54. The SMILES string of the molecule is O=C(O)CCCCOc1ccccc1C(=O)c1ccccc1O. The molecule has 0 bridgehead atoms. The number of benzene rings is 2. The van der Waals surface area contributed by atoms with Gasteiger partial charge in [-0.3, -0.25) is 9.59 Å². The summed E-state index contributed by atoms with van der Waals surface area (Å²) in [7, 11) is 0. The zero-order valence-corrected chi connectivity index (χ0v) is 12.6. The molecule has 0 aromatic heterocycles. The van der Waals surface area contributed by atoms with Crippen LogP contribution in [0.2, 0.25) is 0 Å². The second-order valence-electron chi connectivity index (χ2n) is 5.04. The number of phenolic OH excluding ortho intramolecular Hbond substituents is 1. The fourth-order valence-corrected chi connectivity index (χ4v) is 2.15. The van der Waals surface area contributed by atoms with Gasteiger partial charge >= 0.3 is 5.97 Å². The third-order valence-electron chi connectivity index (χ3n) is 3.32. The number of ether oxygens (including phenoxy) is 1. The van der Waals surface area contributed by atoms with Crippen molar-refractivity contribution in [2.75, 3.05) is 6.61 Å². The van der Waals surface area contributed by atoms with Gasteiger partial charge in [0.15, 0.2) is 5.78 Å². The third-order valence-corrected chi connectivity index (χ3v) is 3.32. The molecule has 2 rings (SSSR count). The fraction of sp³-hybridized carbons (Fsp3) is 0.222. The van der Waals surface area contributed by atoms with Crippen LogP contribution in [-0.2, 0) is 4.79 Å². The number of rotatable bonds is 8. The molecule has 2 aromatic rings. The Labute approximate surface area is 134 Å². The molecule has 0 amide bonds. The van der Waals surface area contributed by atoms with E-state index in [-0.39, 0.29) is 23.5 Å². The minimum absolute atomic E-state index is 0.0752. The van der Waals surface area contributed by atoms with Gasteiger partial charge in [0.25, 0.3) is 0 Å². The fourth-order valence-electron chi connectivity index (χ4n) is 2.15. The van der Waals surface area contributed by atoms with Crippen molar-refractivity contribution in [2.24, 2.45) is 0 Å². The van der Waals surface area contributed by atoms with Gasteiger partial charge in [-0.05, 0) is 37.1 Å². The normalized spacial score (nSPS) is 10.3. The Morgan fingerprint density at radius 1 is 0.913 bits per heavy atom. The van der Waals surface area contributed by atoms with Crippen molar-refractivity contribution in [3.05, 3.63) is 59.7 Å². The number of para-hydroxylation sites is 2. The highest BCUT2D eigenvalue weighted by atomic mass is 16.5. The summed E-state index contributed by atoms with van der Waals surface area (Å²) >= 11 is 0. The third kappa shape index (κ3) is 4.57. The van der Waals surface area contributed by atoms with Gasteiger partial charge in [0.05, 0.1) is 17.7 Å². The van der Waals surface area contributed by atoms with Crippen LogP contribution >= 0.6 is 0 Å². The molecule has 5 heteroatoms. The standard InChI is InChI=1S/C18H18O5/c19-15-9-3-1-7-13(15)18(22)14-8-2-4-10-16(14)23-12-6-5-11-17(20)21/h1-4,7-10,19H,5-6,11-12H2,(H,20,21). The largest absolute Gasteiger partial charge is 0.507 e. The molecule has 0 aliphatic carbocycles. The van der Waals surface area contributed by atoms with E-state index in [4.69, 9.17) is 9.84 Å². The van der Waals surface area contributed by atoms with Crippen LogP contribution in [0.15, 0.2) is 48.5 Å². The predicted molar refractivity (Wildman–Crippen MR) is 85.0 cm³/mol. The molecule has 23 heavy (non-hydrogen) atoms. The summed E-state index contributed by atoms with van der Waals surface area (Å²) in [6.45, 7) is 0.332. The molecule has 0 saturated carbocycles. The van der Waals surface area contributed by atoms with E-state index in [0.717, 1.165) is 0 Å². The predicted octanol–water partition coefficient (Wildman–Crippen LogP) is 3.26. The van der Waals surface area contributed by atoms with Gasteiger partial charge in [-0.1, -0.05) is 24.3 Å². The maximum Gasteiger partial charge on any atom is 0.303 e. The van der Waals surface area contributed by atoms with Gasteiger partial charge in [-0.2, -0.15) is 0 Å². The molecular weight excluding hydrogens is 296 g/mol. The Bertz CT molecular complexity index is 693. The highest BCUT2D eigenvalue weighted by molar-refractivity contribution is 6.12. The molecule has 0 atom stereocenters. The lowest BCUT2D eigenvalue weighted by atomic mass is 10.0. The number of carboxylic acids is 1. The summed E-state index contributed by atoms with van der Waals surface area (Å²) in [6, 6.07) is 13.2. The lowest BCUT2D eigenvalue weighted by Crippen LogP contribution is -2.07. The zero-order chi connectivity index (χ0) is 16.7. The van der Waals surface area contributed by atoms with Crippen LogP contribution in [0.25, 0.3) is 0 Å². The number of aliphatic carboxylic acids is 1. The minimum atomic E-state index is -0.833. The number of unbranched alkanes of at least 4 members (excludes halogenated alkanes) is 1. The van der Waals surface area contributed by atoms with Gasteiger partial charge in [-0.25, -0.2) is 0 Å². The number of carbonyl (C=O) groups is 2. The summed E-state index contributed by atoms with van der Waals surface area (Å²) < 4.78 is 5.61. The first-order valence-electron chi connectivity index (χ1n) is 7.36. The number of ketones is 1. The second kappa shape index (κ2) is 7.98. The number of carboxylic acid groups (broad SMARTS) is 1. The van der Waals surface area contributed by atoms with E-state index < -0.39 is 5.97 Å². The molecule has 0 aliphatic heterocycles. The van der Waals surface area contributed by atoms with E-state index in [1.165, 1.54) is 6.07 Å². The van der Waals surface area contributed by atoms with Crippen molar-refractivity contribution < 1.29 is 24.5 Å². The maximum atomic E-state index is 12.5.